The zero-order chi connectivity index (χ0) is 19.9. The Morgan fingerprint density at radius 2 is 1.89 bits per heavy atom. The minimum Gasteiger partial charge on any atom is -0.489 e. The molecule has 0 aliphatic heterocycles. The van der Waals surface area contributed by atoms with Crippen molar-refractivity contribution in [1.29, 1.82) is 0 Å². The van der Waals surface area contributed by atoms with Crippen LogP contribution < -0.4 is 4.74 Å². The lowest BCUT2D eigenvalue weighted by atomic mass is 10.1. The average molecular weight is 455 g/mol. The number of halogens is 2. The summed E-state index contributed by atoms with van der Waals surface area (Å²) in [5, 5.41) is 0.721. The fourth-order valence-corrected chi connectivity index (χ4v) is 3.19. The van der Waals surface area contributed by atoms with Gasteiger partial charge in [-0.15, -0.1) is 6.58 Å². The van der Waals surface area contributed by atoms with Crippen LogP contribution in [0, 0.1) is 6.92 Å². The normalized spacial score (nSPS) is 11.0. The highest BCUT2D eigenvalue weighted by Gasteiger charge is 2.05. The fourth-order valence-electron chi connectivity index (χ4n) is 2.76. The van der Waals surface area contributed by atoms with Crippen molar-refractivity contribution >= 4 is 39.4 Å². The van der Waals surface area contributed by atoms with Crippen LogP contribution in [0.25, 0.3) is 0 Å². The highest BCUT2D eigenvalue weighted by atomic mass is 79.9. The Bertz CT molecular complexity index is 996. The van der Waals surface area contributed by atoms with E-state index >= 15 is 0 Å². The zero-order valence-electron chi connectivity index (χ0n) is 15.7. The van der Waals surface area contributed by atoms with Crippen LogP contribution in [0.15, 0.2) is 82.8 Å². The van der Waals surface area contributed by atoms with E-state index in [-0.39, 0.29) is 0 Å². The van der Waals surface area contributed by atoms with Crippen molar-refractivity contribution < 1.29 is 4.74 Å². The van der Waals surface area contributed by atoms with E-state index in [0.29, 0.717) is 6.61 Å². The molecule has 28 heavy (non-hydrogen) atoms. The van der Waals surface area contributed by atoms with Gasteiger partial charge in [0.2, 0.25) is 0 Å². The van der Waals surface area contributed by atoms with Crippen LogP contribution in [-0.2, 0) is 13.0 Å². The number of rotatable bonds is 7. The van der Waals surface area contributed by atoms with E-state index in [4.69, 9.17) is 16.3 Å². The number of allylic oxidation sites excluding steroid dienone is 1. The van der Waals surface area contributed by atoms with Gasteiger partial charge in [-0.2, -0.15) is 0 Å². The first-order valence-electron chi connectivity index (χ1n) is 8.97. The molecule has 0 heterocycles. The molecule has 0 aromatic heterocycles. The number of hydrogen-bond donors (Lipinski definition) is 0. The maximum atomic E-state index is 6.17. The standard InChI is InChI=1S/C24H21BrClNO/c1-3-5-20-14-19(15-27-23-7-4-6-22(26)17(23)2)10-13-24(20)28-16-18-8-11-21(25)12-9-18/h3-4,6-15H,1,5,16H2,2H3. The molecule has 0 N–H and O–H groups in total. The van der Waals surface area contributed by atoms with E-state index in [1.807, 2.05) is 73.8 Å². The molecule has 142 valence electrons. The van der Waals surface area contributed by atoms with Gasteiger partial charge in [0.15, 0.2) is 0 Å². The van der Waals surface area contributed by atoms with E-state index in [1.165, 1.54) is 0 Å². The predicted octanol–water partition coefficient (Wildman–Crippen LogP) is 7.47. The number of aliphatic imine (C=N–C) groups is 1. The summed E-state index contributed by atoms with van der Waals surface area (Å²) in [4.78, 5) is 4.59. The first-order valence-corrected chi connectivity index (χ1v) is 10.1. The monoisotopic (exact) mass is 453 g/mol. The Hall–Kier alpha value is -2.36. The van der Waals surface area contributed by atoms with Crippen LogP contribution in [0.2, 0.25) is 5.02 Å². The molecule has 0 aliphatic rings. The number of benzene rings is 3. The van der Waals surface area contributed by atoms with Gasteiger partial charge >= 0.3 is 0 Å². The average Bonchev–Trinajstić information content (AvgIpc) is 2.70. The Morgan fingerprint density at radius 3 is 2.64 bits per heavy atom. The van der Waals surface area contributed by atoms with Gasteiger partial charge in [-0.25, -0.2) is 0 Å². The van der Waals surface area contributed by atoms with Crippen LogP contribution in [0.4, 0.5) is 5.69 Å². The molecule has 3 rings (SSSR count). The maximum absolute atomic E-state index is 6.17. The highest BCUT2D eigenvalue weighted by Crippen LogP contribution is 2.26. The second-order valence-corrected chi connectivity index (χ2v) is 7.74. The molecule has 3 aromatic rings. The van der Waals surface area contributed by atoms with Crippen molar-refractivity contribution in [3.05, 3.63) is 105 Å². The molecule has 0 radical (unpaired) electrons. The van der Waals surface area contributed by atoms with E-state index < -0.39 is 0 Å². The molecule has 0 spiro atoms. The summed E-state index contributed by atoms with van der Waals surface area (Å²) in [5.74, 6) is 0.860. The summed E-state index contributed by atoms with van der Waals surface area (Å²) in [6.45, 7) is 6.35. The largest absolute Gasteiger partial charge is 0.489 e. The quantitative estimate of drug-likeness (QED) is 0.268. The van der Waals surface area contributed by atoms with Gasteiger partial charge in [0, 0.05) is 15.7 Å². The number of nitrogens with zero attached hydrogens (tertiary/aromatic N) is 1. The lowest BCUT2D eigenvalue weighted by Gasteiger charge is -2.12. The molecular weight excluding hydrogens is 434 g/mol. The van der Waals surface area contributed by atoms with E-state index in [2.05, 4.69) is 33.6 Å². The SMILES string of the molecule is C=CCc1cc(C=Nc2cccc(Cl)c2C)ccc1OCc1ccc(Br)cc1. The lowest BCUT2D eigenvalue weighted by molar-refractivity contribution is 0.303. The lowest BCUT2D eigenvalue weighted by Crippen LogP contribution is -1.99. The first-order chi connectivity index (χ1) is 13.6. The van der Waals surface area contributed by atoms with Gasteiger partial charge in [-0.05, 0) is 78.1 Å². The summed E-state index contributed by atoms with van der Waals surface area (Å²) >= 11 is 9.62. The molecule has 3 aromatic carbocycles. The van der Waals surface area contributed by atoms with Gasteiger partial charge in [-0.3, -0.25) is 4.99 Å². The molecule has 0 amide bonds. The Balaban J connectivity index is 1.78. The molecule has 0 saturated carbocycles. The minimum atomic E-state index is 0.520. The number of ether oxygens (including phenoxy) is 1. The maximum Gasteiger partial charge on any atom is 0.123 e. The van der Waals surface area contributed by atoms with Crippen LogP contribution in [0.1, 0.15) is 22.3 Å². The molecule has 0 aliphatic carbocycles. The third kappa shape index (κ3) is 5.34. The fraction of sp³-hybridized carbons (Fsp3) is 0.125. The van der Waals surface area contributed by atoms with Crippen molar-refractivity contribution in [3.63, 3.8) is 0 Å². The Labute approximate surface area is 179 Å². The Morgan fingerprint density at radius 1 is 1.11 bits per heavy atom. The number of hydrogen-bond acceptors (Lipinski definition) is 2. The summed E-state index contributed by atoms with van der Waals surface area (Å²) in [6, 6.07) is 19.9. The van der Waals surface area contributed by atoms with Gasteiger partial charge in [0.25, 0.3) is 0 Å². The third-order valence-corrected chi connectivity index (χ3v) is 5.29. The van der Waals surface area contributed by atoms with Gasteiger partial charge in [0.05, 0.1) is 5.69 Å². The predicted molar refractivity (Wildman–Crippen MR) is 122 cm³/mol. The molecule has 0 bridgehead atoms. The van der Waals surface area contributed by atoms with Gasteiger partial charge in [-0.1, -0.05) is 51.8 Å². The zero-order valence-corrected chi connectivity index (χ0v) is 18.0. The highest BCUT2D eigenvalue weighted by molar-refractivity contribution is 9.10. The van der Waals surface area contributed by atoms with Crippen LogP contribution in [0.5, 0.6) is 5.75 Å². The van der Waals surface area contributed by atoms with Crippen molar-refractivity contribution in [1.82, 2.24) is 0 Å². The summed E-state index contributed by atoms with van der Waals surface area (Å²) < 4.78 is 7.10. The molecule has 0 saturated heterocycles. The van der Waals surface area contributed by atoms with Gasteiger partial charge < -0.3 is 4.74 Å². The minimum absolute atomic E-state index is 0.520. The van der Waals surface area contributed by atoms with E-state index in [9.17, 15) is 0 Å². The van der Waals surface area contributed by atoms with E-state index in [1.54, 1.807) is 0 Å². The third-order valence-electron chi connectivity index (χ3n) is 4.35. The second-order valence-electron chi connectivity index (χ2n) is 6.42. The van der Waals surface area contributed by atoms with Crippen molar-refractivity contribution in [3.8, 4) is 5.75 Å². The van der Waals surface area contributed by atoms with Crippen LogP contribution in [0.3, 0.4) is 0 Å². The Kier molecular flexibility index (Phi) is 7.07. The summed E-state index contributed by atoms with van der Waals surface area (Å²) in [5.41, 5.74) is 5.05. The van der Waals surface area contributed by atoms with Crippen LogP contribution in [-0.4, -0.2) is 6.21 Å². The molecular formula is C24H21BrClNO. The van der Waals surface area contributed by atoms with Crippen molar-refractivity contribution in [2.45, 2.75) is 20.0 Å². The van der Waals surface area contributed by atoms with Crippen molar-refractivity contribution in [2.24, 2.45) is 4.99 Å². The second kappa shape index (κ2) is 9.72. The van der Waals surface area contributed by atoms with E-state index in [0.717, 1.165) is 49.6 Å². The molecule has 4 heteroatoms. The van der Waals surface area contributed by atoms with Crippen LogP contribution >= 0.6 is 27.5 Å². The molecule has 2 nitrogen and oxygen atoms in total. The first kappa shape index (κ1) is 20.4. The molecule has 0 unspecified atom stereocenters. The summed E-state index contributed by atoms with van der Waals surface area (Å²) in [7, 11) is 0. The van der Waals surface area contributed by atoms with Gasteiger partial charge in [0.1, 0.15) is 12.4 Å². The smallest absolute Gasteiger partial charge is 0.123 e. The van der Waals surface area contributed by atoms with Crippen molar-refractivity contribution in [2.75, 3.05) is 0 Å². The topological polar surface area (TPSA) is 21.6 Å². The summed E-state index contributed by atoms with van der Waals surface area (Å²) in [6.07, 6.45) is 4.46. The molecule has 0 atom stereocenters. The molecule has 0 fully saturated rings.